The molecule has 3 aromatic rings. The van der Waals surface area contributed by atoms with Crippen LogP contribution in [0.15, 0.2) is 31.1 Å². The minimum Gasteiger partial charge on any atom is -0.361 e. The van der Waals surface area contributed by atoms with E-state index in [0.29, 0.717) is 29.4 Å². The van der Waals surface area contributed by atoms with Gasteiger partial charge in [-0.3, -0.25) is 0 Å². The van der Waals surface area contributed by atoms with E-state index in [0.717, 1.165) is 0 Å². The molecule has 0 aromatic carbocycles. The van der Waals surface area contributed by atoms with Crippen LogP contribution < -0.4 is 5.32 Å². The number of nitrogens with one attached hydrogen (secondary N) is 2. The summed E-state index contributed by atoms with van der Waals surface area (Å²) in [5.74, 6) is 1.37. The van der Waals surface area contributed by atoms with E-state index in [1.807, 2.05) is 0 Å². The predicted molar refractivity (Wildman–Crippen MR) is 61.0 cm³/mol. The molecule has 3 heterocycles. The maximum absolute atomic E-state index is 4.15. The van der Waals surface area contributed by atoms with Gasteiger partial charge < -0.3 is 10.3 Å². The molecular weight excluding hydrogens is 218 g/mol. The Kier molecular flexibility index (Phi) is 2.34. The zero-order valence-electron chi connectivity index (χ0n) is 8.83. The lowest BCUT2D eigenvalue weighted by atomic mass is 10.4. The lowest BCUT2D eigenvalue weighted by Gasteiger charge is -2.03. The molecular formula is C10H9N7. The molecule has 0 unspecified atom stereocenters. The van der Waals surface area contributed by atoms with Gasteiger partial charge in [-0.2, -0.15) is 0 Å². The molecule has 0 aliphatic carbocycles. The first-order valence-electron chi connectivity index (χ1n) is 5.07. The van der Waals surface area contributed by atoms with Crippen molar-refractivity contribution in [2.45, 2.75) is 6.54 Å². The van der Waals surface area contributed by atoms with E-state index in [-0.39, 0.29) is 0 Å². The van der Waals surface area contributed by atoms with Crippen molar-refractivity contribution in [1.82, 2.24) is 29.9 Å². The third-order valence-electron chi connectivity index (χ3n) is 2.25. The number of aromatic amines is 1. The molecule has 0 atom stereocenters. The highest BCUT2D eigenvalue weighted by Crippen LogP contribution is 2.14. The van der Waals surface area contributed by atoms with Gasteiger partial charge >= 0.3 is 0 Å². The van der Waals surface area contributed by atoms with Crippen LogP contribution in [0.3, 0.4) is 0 Å². The first-order valence-corrected chi connectivity index (χ1v) is 5.07. The topological polar surface area (TPSA) is 92.3 Å². The summed E-state index contributed by atoms with van der Waals surface area (Å²) in [6.07, 6.45) is 6.47. The average molecular weight is 227 g/mol. The molecule has 0 saturated carbocycles. The van der Waals surface area contributed by atoms with Gasteiger partial charge in [-0.25, -0.2) is 24.9 Å². The molecule has 7 nitrogen and oxygen atoms in total. The van der Waals surface area contributed by atoms with E-state index in [1.54, 1.807) is 24.8 Å². The Balaban J connectivity index is 1.84. The molecule has 84 valence electrons. The smallest absolute Gasteiger partial charge is 0.162 e. The maximum Gasteiger partial charge on any atom is 0.162 e. The highest BCUT2D eigenvalue weighted by atomic mass is 15.1. The average Bonchev–Trinajstić information content (AvgIpc) is 2.86. The number of hydrogen-bond donors (Lipinski definition) is 2. The van der Waals surface area contributed by atoms with Crippen molar-refractivity contribution < 1.29 is 0 Å². The van der Waals surface area contributed by atoms with Gasteiger partial charge in [0.25, 0.3) is 0 Å². The lowest BCUT2D eigenvalue weighted by molar-refractivity contribution is 0.940. The van der Waals surface area contributed by atoms with Crippen molar-refractivity contribution in [3.63, 3.8) is 0 Å². The fourth-order valence-electron chi connectivity index (χ4n) is 1.48. The number of anilines is 1. The highest BCUT2D eigenvalue weighted by molar-refractivity contribution is 5.81. The van der Waals surface area contributed by atoms with Crippen LogP contribution in [0.25, 0.3) is 11.2 Å². The minimum atomic E-state index is 0.500. The molecule has 0 saturated heterocycles. The third-order valence-corrected chi connectivity index (χ3v) is 2.25. The van der Waals surface area contributed by atoms with E-state index in [2.05, 4.69) is 35.2 Å². The van der Waals surface area contributed by atoms with Gasteiger partial charge in [-0.05, 0) is 6.07 Å². The largest absolute Gasteiger partial charge is 0.361 e. The molecule has 0 amide bonds. The van der Waals surface area contributed by atoms with Crippen molar-refractivity contribution in [3.8, 4) is 0 Å². The van der Waals surface area contributed by atoms with E-state index in [1.165, 1.54) is 6.33 Å². The quantitative estimate of drug-likeness (QED) is 0.686. The zero-order valence-corrected chi connectivity index (χ0v) is 8.83. The second-order valence-electron chi connectivity index (χ2n) is 3.34. The molecule has 0 radical (unpaired) electrons. The summed E-state index contributed by atoms with van der Waals surface area (Å²) in [7, 11) is 0. The maximum atomic E-state index is 4.15. The molecule has 0 bridgehead atoms. The zero-order chi connectivity index (χ0) is 11.5. The van der Waals surface area contributed by atoms with Crippen molar-refractivity contribution in [2.24, 2.45) is 0 Å². The molecule has 17 heavy (non-hydrogen) atoms. The van der Waals surface area contributed by atoms with E-state index in [9.17, 15) is 0 Å². The molecule has 3 rings (SSSR count). The fraction of sp³-hybridized carbons (Fsp3) is 0.100. The molecule has 0 fully saturated rings. The highest BCUT2D eigenvalue weighted by Gasteiger charge is 2.05. The van der Waals surface area contributed by atoms with Crippen molar-refractivity contribution in [1.29, 1.82) is 0 Å². The molecule has 0 aliphatic heterocycles. The Bertz CT molecular complexity index is 619. The number of fused-ring (bicyclic) bond motifs is 1. The Hall–Kier alpha value is -2.57. The Morgan fingerprint density at radius 1 is 1.06 bits per heavy atom. The molecule has 7 heteroatoms. The van der Waals surface area contributed by atoms with Gasteiger partial charge in [-0.15, -0.1) is 0 Å². The number of rotatable bonds is 3. The Morgan fingerprint density at radius 2 is 1.94 bits per heavy atom. The van der Waals surface area contributed by atoms with Crippen LogP contribution >= 0.6 is 0 Å². The van der Waals surface area contributed by atoms with Crippen molar-refractivity contribution in [3.05, 3.63) is 36.9 Å². The molecule has 3 aromatic heterocycles. The number of aromatic nitrogens is 6. The summed E-state index contributed by atoms with van der Waals surface area (Å²) in [5, 5.41) is 3.13. The summed E-state index contributed by atoms with van der Waals surface area (Å²) in [5.41, 5.74) is 1.42. The van der Waals surface area contributed by atoms with Gasteiger partial charge in [0.15, 0.2) is 11.5 Å². The van der Waals surface area contributed by atoms with Crippen LogP contribution in [0, 0.1) is 0 Å². The number of hydrogen-bond acceptors (Lipinski definition) is 6. The van der Waals surface area contributed by atoms with Gasteiger partial charge in [0.2, 0.25) is 0 Å². The normalized spacial score (nSPS) is 10.6. The molecule has 0 spiro atoms. The predicted octanol–water partition coefficient (Wildman–Crippen LogP) is 0.755. The van der Waals surface area contributed by atoms with Gasteiger partial charge in [0.05, 0.1) is 12.9 Å². The van der Waals surface area contributed by atoms with Crippen LogP contribution in [0.4, 0.5) is 5.82 Å². The fourth-order valence-corrected chi connectivity index (χ4v) is 1.48. The SMILES string of the molecule is c1cnc(CNc2ncnc3[nH]cnc23)nc1. The van der Waals surface area contributed by atoms with Crippen LogP contribution in [0.5, 0.6) is 0 Å². The summed E-state index contributed by atoms with van der Waals surface area (Å²) in [6.45, 7) is 0.500. The molecule has 0 aliphatic rings. The Morgan fingerprint density at radius 3 is 2.82 bits per heavy atom. The minimum absolute atomic E-state index is 0.500. The number of H-pyrrole nitrogens is 1. The van der Waals surface area contributed by atoms with Gasteiger partial charge in [0.1, 0.15) is 17.7 Å². The first-order chi connectivity index (χ1) is 8.43. The Labute approximate surface area is 96.4 Å². The van der Waals surface area contributed by atoms with Crippen LogP contribution in [-0.4, -0.2) is 29.9 Å². The summed E-state index contributed by atoms with van der Waals surface area (Å²) in [4.78, 5) is 23.5. The number of nitrogens with zero attached hydrogens (tertiary/aromatic N) is 5. The summed E-state index contributed by atoms with van der Waals surface area (Å²) >= 11 is 0. The lowest BCUT2D eigenvalue weighted by Crippen LogP contribution is -2.05. The van der Waals surface area contributed by atoms with Crippen molar-refractivity contribution >= 4 is 17.0 Å². The van der Waals surface area contributed by atoms with E-state index < -0.39 is 0 Å². The monoisotopic (exact) mass is 227 g/mol. The second kappa shape index (κ2) is 4.12. The van der Waals surface area contributed by atoms with Crippen molar-refractivity contribution in [2.75, 3.05) is 5.32 Å². The van der Waals surface area contributed by atoms with Crippen LogP contribution in [0.2, 0.25) is 0 Å². The number of imidazole rings is 1. The van der Waals surface area contributed by atoms with Gasteiger partial charge in [-0.1, -0.05) is 0 Å². The summed E-state index contributed by atoms with van der Waals surface area (Å²) in [6, 6.07) is 1.78. The van der Waals surface area contributed by atoms with Gasteiger partial charge in [0, 0.05) is 12.4 Å². The standard InChI is InChI=1S/C10H9N7/c1-2-11-7(12-3-1)4-13-9-8-10(15-5-14-8)17-6-16-9/h1-3,5-6H,4H2,(H2,13,14,15,16,17). The first kappa shape index (κ1) is 9.64. The second-order valence-corrected chi connectivity index (χ2v) is 3.34. The van der Waals surface area contributed by atoms with Crippen LogP contribution in [-0.2, 0) is 6.54 Å². The summed E-state index contributed by atoms with van der Waals surface area (Å²) < 4.78 is 0. The van der Waals surface area contributed by atoms with Crippen LogP contribution in [0.1, 0.15) is 5.82 Å². The van der Waals surface area contributed by atoms with E-state index in [4.69, 9.17) is 0 Å². The molecule has 2 N–H and O–H groups in total. The van der Waals surface area contributed by atoms with E-state index >= 15 is 0 Å². The third kappa shape index (κ3) is 1.89.